The van der Waals surface area contributed by atoms with Crippen molar-refractivity contribution < 1.29 is 9.53 Å². The van der Waals surface area contributed by atoms with E-state index in [1.807, 2.05) is 44.2 Å². The van der Waals surface area contributed by atoms with E-state index in [1.54, 1.807) is 14.2 Å². The minimum absolute atomic E-state index is 0.556. The standard InChI is InChI=1S/C11H12N2O2.C3H9N/c1-12-11-8-5-7(15-2)3-4-9(8)13-10(11)6-14;1-4(2)3/h3-6,12-13H,1-2H3;1-3H3. The van der Waals surface area contributed by atoms with Crippen molar-refractivity contribution in [3.63, 3.8) is 0 Å². The number of fused-ring (bicyclic) bond motifs is 1. The molecular formula is C14H21N3O2. The van der Waals surface area contributed by atoms with Gasteiger partial charge in [0, 0.05) is 18.0 Å². The number of rotatable bonds is 3. The van der Waals surface area contributed by atoms with Crippen molar-refractivity contribution >= 4 is 22.9 Å². The Morgan fingerprint density at radius 3 is 2.42 bits per heavy atom. The molecule has 5 nitrogen and oxygen atoms in total. The van der Waals surface area contributed by atoms with Crippen molar-refractivity contribution in [3.8, 4) is 5.75 Å². The summed E-state index contributed by atoms with van der Waals surface area (Å²) in [6.45, 7) is 0. The van der Waals surface area contributed by atoms with Crippen LogP contribution in [0.3, 0.4) is 0 Å². The van der Waals surface area contributed by atoms with Crippen LogP contribution in [-0.2, 0) is 0 Å². The highest BCUT2D eigenvalue weighted by Gasteiger charge is 2.09. The molecule has 0 fully saturated rings. The largest absolute Gasteiger partial charge is 0.497 e. The van der Waals surface area contributed by atoms with E-state index in [4.69, 9.17) is 4.74 Å². The number of aromatic amines is 1. The summed E-state index contributed by atoms with van der Waals surface area (Å²) in [7, 11) is 9.41. The zero-order valence-corrected chi connectivity index (χ0v) is 12.1. The molecule has 2 rings (SSSR count). The van der Waals surface area contributed by atoms with Crippen molar-refractivity contribution in [2.75, 3.05) is 40.6 Å². The van der Waals surface area contributed by atoms with Gasteiger partial charge in [-0.2, -0.15) is 0 Å². The molecule has 0 saturated carbocycles. The zero-order valence-electron chi connectivity index (χ0n) is 12.1. The number of ether oxygens (including phenoxy) is 1. The molecule has 0 radical (unpaired) electrons. The summed E-state index contributed by atoms with van der Waals surface area (Å²) >= 11 is 0. The summed E-state index contributed by atoms with van der Waals surface area (Å²) in [6.07, 6.45) is 0.804. The molecule has 0 aliphatic heterocycles. The average Bonchev–Trinajstić information content (AvgIpc) is 2.74. The van der Waals surface area contributed by atoms with Gasteiger partial charge in [0.25, 0.3) is 0 Å². The third-order valence-corrected chi connectivity index (χ3v) is 2.40. The van der Waals surface area contributed by atoms with Gasteiger partial charge >= 0.3 is 0 Å². The molecule has 1 aromatic heterocycles. The summed E-state index contributed by atoms with van der Waals surface area (Å²) in [4.78, 5) is 15.8. The Morgan fingerprint density at radius 1 is 1.32 bits per heavy atom. The van der Waals surface area contributed by atoms with Crippen LogP contribution >= 0.6 is 0 Å². The summed E-state index contributed by atoms with van der Waals surface area (Å²) in [5, 5.41) is 3.96. The zero-order chi connectivity index (χ0) is 14.4. The number of aromatic nitrogens is 1. The smallest absolute Gasteiger partial charge is 0.168 e. The average molecular weight is 263 g/mol. The number of carbonyl (C=O) groups excluding carboxylic acids is 1. The molecule has 0 amide bonds. The number of nitrogens with zero attached hydrogens (tertiary/aromatic N) is 1. The fraction of sp³-hybridized carbons (Fsp3) is 0.357. The maximum absolute atomic E-state index is 10.8. The predicted molar refractivity (Wildman–Crippen MR) is 79.4 cm³/mol. The first-order chi connectivity index (χ1) is 9.03. The highest BCUT2D eigenvalue weighted by Crippen LogP contribution is 2.29. The van der Waals surface area contributed by atoms with Crippen LogP contribution in [0.1, 0.15) is 10.5 Å². The van der Waals surface area contributed by atoms with E-state index in [9.17, 15) is 4.79 Å². The number of hydrogen-bond acceptors (Lipinski definition) is 4. The van der Waals surface area contributed by atoms with Gasteiger partial charge in [0.1, 0.15) is 11.4 Å². The number of aldehydes is 1. The number of H-pyrrole nitrogens is 1. The molecule has 0 atom stereocenters. The van der Waals surface area contributed by atoms with E-state index < -0.39 is 0 Å². The van der Waals surface area contributed by atoms with Crippen LogP contribution in [-0.4, -0.2) is 51.5 Å². The lowest BCUT2D eigenvalue weighted by Gasteiger charge is -2.01. The van der Waals surface area contributed by atoms with Crippen molar-refractivity contribution in [1.29, 1.82) is 0 Å². The lowest BCUT2D eigenvalue weighted by Crippen LogP contribution is -1.99. The molecule has 5 heteroatoms. The van der Waals surface area contributed by atoms with E-state index in [0.29, 0.717) is 5.69 Å². The lowest BCUT2D eigenvalue weighted by molar-refractivity contribution is 0.112. The van der Waals surface area contributed by atoms with Crippen LogP contribution in [0.15, 0.2) is 18.2 Å². The van der Waals surface area contributed by atoms with Crippen LogP contribution < -0.4 is 10.1 Å². The summed E-state index contributed by atoms with van der Waals surface area (Å²) in [6, 6.07) is 5.64. The van der Waals surface area contributed by atoms with Gasteiger partial charge < -0.3 is 19.9 Å². The summed E-state index contributed by atoms with van der Waals surface area (Å²) < 4.78 is 5.13. The first kappa shape index (κ1) is 15.0. The van der Waals surface area contributed by atoms with Gasteiger partial charge in [-0.15, -0.1) is 0 Å². The minimum atomic E-state index is 0.556. The summed E-state index contributed by atoms with van der Waals surface area (Å²) in [5.41, 5.74) is 2.28. The molecule has 2 N–H and O–H groups in total. The summed E-state index contributed by atoms with van der Waals surface area (Å²) in [5.74, 6) is 0.774. The van der Waals surface area contributed by atoms with E-state index in [-0.39, 0.29) is 0 Å². The molecule has 0 bridgehead atoms. The maximum Gasteiger partial charge on any atom is 0.168 e. The van der Waals surface area contributed by atoms with Crippen LogP contribution in [0.25, 0.3) is 10.9 Å². The molecule has 0 unspecified atom stereocenters. The Bertz CT molecular complexity index is 544. The van der Waals surface area contributed by atoms with Crippen LogP contribution in [0.2, 0.25) is 0 Å². The topological polar surface area (TPSA) is 57.4 Å². The SMILES string of the molecule is CN(C)C.CNc1c(C=O)[nH]c2ccc(OC)cc12. The number of methoxy groups -OCH3 is 1. The number of benzene rings is 1. The predicted octanol–water partition coefficient (Wildman–Crippen LogP) is 2.21. The highest BCUT2D eigenvalue weighted by molar-refractivity contribution is 6.02. The van der Waals surface area contributed by atoms with E-state index in [1.165, 1.54) is 0 Å². The molecule has 19 heavy (non-hydrogen) atoms. The quantitative estimate of drug-likeness (QED) is 0.834. The van der Waals surface area contributed by atoms with Crippen molar-refractivity contribution in [1.82, 2.24) is 9.88 Å². The number of nitrogens with one attached hydrogen (secondary N) is 2. The molecule has 0 spiro atoms. The number of carbonyl (C=O) groups is 1. The molecule has 2 aromatic rings. The third-order valence-electron chi connectivity index (χ3n) is 2.40. The van der Waals surface area contributed by atoms with Crippen molar-refractivity contribution in [3.05, 3.63) is 23.9 Å². The van der Waals surface area contributed by atoms with E-state index in [2.05, 4.69) is 10.3 Å². The fourth-order valence-electron chi connectivity index (χ4n) is 1.68. The maximum atomic E-state index is 10.8. The third kappa shape index (κ3) is 3.72. The van der Waals surface area contributed by atoms with Gasteiger partial charge in [-0.3, -0.25) is 4.79 Å². The second kappa shape index (κ2) is 6.80. The van der Waals surface area contributed by atoms with E-state index in [0.717, 1.165) is 28.6 Å². The number of hydrogen-bond donors (Lipinski definition) is 2. The Hall–Kier alpha value is -2.01. The Morgan fingerprint density at radius 2 is 1.95 bits per heavy atom. The number of anilines is 1. The van der Waals surface area contributed by atoms with E-state index >= 15 is 0 Å². The van der Waals surface area contributed by atoms with Crippen LogP contribution in [0, 0.1) is 0 Å². The first-order valence-corrected chi connectivity index (χ1v) is 5.97. The second-order valence-electron chi connectivity index (χ2n) is 4.53. The van der Waals surface area contributed by atoms with Gasteiger partial charge in [0.05, 0.1) is 12.8 Å². The molecule has 0 aliphatic carbocycles. The van der Waals surface area contributed by atoms with Gasteiger partial charge in [-0.1, -0.05) is 0 Å². The minimum Gasteiger partial charge on any atom is -0.497 e. The molecule has 0 aliphatic rings. The Kier molecular flexibility index (Phi) is 5.38. The normalized spacial score (nSPS) is 10.0. The van der Waals surface area contributed by atoms with Crippen LogP contribution in [0.4, 0.5) is 5.69 Å². The van der Waals surface area contributed by atoms with Gasteiger partial charge in [-0.05, 0) is 39.3 Å². The molecule has 1 heterocycles. The van der Waals surface area contributed by atoms with Gasteiger partial charge in [0.15, 0.2) is 6.29 Å². The van der Waals surface area contributed by atoms with Gasteiger partial charge in [-0.25, -0.2) is 0 Å². The first-order valence-electron chi connectivity index (χ1n) is 5.97. The van der Waals surface area contributed by atoms with Crippen LogP contribution in [0.5, 0.6) is 5.75 Å². The van der Waals surface area contributed by atoms with Crippen molar-refractivity contribution in [2.45, 2.75) is 0 Å². The molecular weight excluding hydrogens is 242 g/mol. The molecule has 1 aromatic carbocycles. The monoisotopic (exact) mass is 263 g/mol. The molecule has 104 valence electrons. The Balaban J connectivity index is 0.000000399. The van der Waals surface area contributed by atoms with Crippen molar-refractivity contribution in [2.24, 2.45) is 0 Å². The highest BCUT2D eigenvalue weighted by atomic mass is 16.5. The fourth-order valence-corrected chi connectivity index (χ4v) is 1.68. The van der Waals surface area contributed by atoms with Gasteiger partial charge in [0.2, 0.25) is 0 Å². The second-order valence-corrected chi connectivity index (χ2v) is 4.53. The molecule has 0 saturated heterocycles. The lowest BCUT2D eigenvalue weighted by atomic mass is 10.2. The Labute approximate surface area is 113 Å².